The van der Waals surface area contributed by atoms with E-state index in [9.17, 15) is 4.79 Å². The van der Waals surface area contributed by atoms with Crippen molar-refractivity contribution in [3.05, 3.63) is 0 Å². The van der Waals surface area contributed by atoms with Crippen molar-refractivity contribution in [2.45, 2.75) is 26.2 Å². The molecular formula is C10H19NO2. The number of carbonyl (C=O) groups is 1. The molecule has 76 valence electrons. The highest BCUT2D eigenvalue weighted by Crippen LogP contribution is 2.26. The highest BCUT2D eigenvalue weighted by Gasteiger charge is 2.31. The summed E-state index contributed by atoms with van der Waals surface area (Å²) >= 11 is 0. The first-order valence-corrected chi connectivity index (χ1v) is 5.06. The molecule has 1 rings (SSSR count). The molecule has 0 spiro atoms. The van der Waals surface area contributed by atoms with Crippen LogP contribution in [-0.4, -0.2) is 36.1 Å². The Morgan fingerprint density at radius 2 is 2.31 bits per heavy atom. The number of likely N-dealkylation sites (tertiary alicyclic amines) is 1. The van der Waals surface area contributed by atoms with Gasteiger partial charge in [-0.1, -0.05) is 13.3 Å². The van der Waals surface area contributed by atoms with Crippen LogP contribution in [0, 0.1) is 11.8 Å². The van der Waals surface area contributed by atoms with Gasteiger partial charge in [-0.3, -0.25) is 4.79 Å². The van der Waals surface area contributed by atoms with Crippen LogP contribution in [0.15, 0.2) is 0 Å². The van der Waals surface area contributed by atoms with E-state index in [0.29, 0.717) is 5.92 Å². The van der Waals surface area contributed by atoms with Crippen LogP contribution in [0.3, 0.4) is 0 Å². The highest BCUT2D eigenvalue weighted by atomic mass is 16.4. The van der Waals surface area contributed by atoms with E-state index in [1.807, 2.05) is 7.05 Å². The summed E-state index contributed by atoms with van der Waals surface area (Å²) in [6.45, 7) is 3.89. The second kappa shape index (κ2) is 4.61. The van der Waals surface area contributed by atoms with E-state index in [1.165, 1.54) is 0 Å². The van der Waals surface area contributed by atoms with Crippen LogP contribution >= 0.6 is 0 Å². The molecule has 3 nitrogen and oxygen atoms in total. The molecule has 1 aliphatic rings. The predicted octanol–water partition coefficient (Wildman–Crippen LogP) is 1.44. The maximum atomic E-state index is 11.0. The number of aliphatic carboxylic acids is 1. The van der Waals surface area contributed by atoms with Crippen LogP contribution < -0.4 is 0 Å². The lowest BCUT2D eigenvalue weighted by Crippen LogP contribution is -2.41. The fourth-order valence-electron chi connectivity index (χ4n) is 2.16. The van der Waals surface area contributed by atoms with E-state index < -0.39 is 5.97 Å². The standard InChI is InChI=1S/C10H19NO2/c1-3-4-8-5-6-11(2)7-9(8)10(12)13/h8-9H,3-7H2,1-2H3,(H,12,13). The third kappa shape index (κ3) is 2.69. The SMILES string of the molecule is CCCC1CCN(C)CC1C(=O)O. The van der Waals surface area contributed by atoms with Crippen LogP contribution in [0.1, 0.15) is 26.2 Å². The zero-order valence-corrected chi connectivity index (χ0v) is 8.49. The van der Waals surface area contributed by atoms with Crippen molar-refractivity contribution in [1.82, 2.24) is 4.90 Å². The van der Waals surface area contributed by atoms with Gasteiger partial charge < -0.3 is 10.0 Å². The van der Waals surface area contributed by atoms with E-state index in [0.717, 1.165) is 32.4 Å². The van der Waals surface area contributed by atoms with E-state index >= 15 is 0 Å². The Morgan fingerprint density at radius 1 is 1.62 bits per heavy atom. The molecule has 0 saturated carbocycles. The summed E-state index contributed by atoms with van der Waals surface area (Å²) in [4.78, 5) is 13.1. The van der Waals surface area contributed by atoms with Crippen molar-refractivity contribution >= 4 is 5.97 Å². The molecule has 1 saturated heterocycles. The lowest BCUT2D eigenvalue weighted by molar-refractivity contribution is -0.145. The summed E-state index contributed by atoms with van der Waals surface area (Å²) in [5, 5.41) is 9.03. The third-order valence-electron chi connectivity index (χ3n) is 2.94. The molecule has 2 atom stereocenters. The van der Waals surface area contributed by atoms with Gasteiger partial charge >= 0.3 is 5.97 Å². The molecule has 13 heavy (non-hydrogen) atoms. The van der Waals surface area contributed by atoms with Gasteiger partial charge in [0, 0.05) is 6.54 Å². The number of nitrogens with zero attached hydrogens (tertiary/aromatic N) is 1. The quantitative estimate of drug-likeness (QED) is 0.723. The largest absolute Gasteiger partial charge is 0.481 e. The zero-order valence-electron chi connectivity index (χ0n) is 8.49. The molecule has 0 aliphatic carbocycles. The van der Waals surface area contributed by atoms with E-state index in [1.54, 1.807) is 0 Å². The molecule has 0 amide bonds. The van der Waals surface area contributed by atoms with Gasteiger partial charge in [-0.05, 0) is 32.4 Å². The first kappa shape index (κ1) is 10.5. The van der Waals surface area contributed by atoms with E-state index in [-0.39, 0.29) is 5.92 Å². The molecule has 0 bridgehead atoms. The Bertz CT molecular complexity index is 182. The van der Waals surface area contributed by atoms with Crippen LogP contribution in [0.2, 0.25) is 0 Å². The second-order valence-corrected chi connectivity index (χ2v) is 4.04. The minimum Gasteiger partial charge on any atom is -0.481 e. The Kier molecular flexibility index (Phi) is 3.72. The monoisotopic (exact) mass is 185 g/mol. The molecule has 1 fully saturated rings. The predicted molar refractivity (Wildman–Crippen MR) is 51.6 cm³/mol. The summed E-state index contributed by atoms with van der Waals surface area (Å²) in [5.74, 6) is -0.359. The van der Waals surface area contributed by atoms with E-state index in [2.05, 4.69) is 11.8 Å². The van der Waals surface area contributed by atoms with Gasteiger partial charge in [0.25, 0.3) is 0 Å². The lowest BCUT2D eigenvalue weighted by atomic mass is 9.83. The second-order valence-electron chi connectivity index (χ2n) is 4.04. The van der Waals surface area contributed by atoms with Crippen LogP contribution in [-0.2, 0) is 4.79 Å². The average Bonchev–Trinajstić information content (AvgIpc) is 2.08. The maximum absolute atomic E-state index is 11.0. The summed E-state index contributed by atoms with van der Waals surface area (Å²) < 4.78 is 0. The van der Waals surface area contributed by atoms with Gasteiger partial charge in [0.2, 0.25) is 0 Å². The smallest absolute Gasteiger partial charge is 0.308 e. The van der Waals surface area contributed by atoms with Crippen LogP contribution in [0.5, 0.6) is 0 Å². The number of carboxylic acids is 1. The molecule has 1 aliphatic heterocycles. The van der Waals surface area contributed by atoms with Crippen molar-refractivity contribution in [3.63, 3.8) is 0 Å². The normalized spacial score (nSPS) is 30.3. The summed E-state index contributed by atoms with van der Waals surface area (Å²) in [5.41, 5.74) is 0. The van der Waals surface area contributed by atoms with E-state index in [4.69, 9.17) is 5.11 Å². The topological polar surface area (TPSA) is 40.5 Å². The molecule has 0 aromatic carbocycles. The van der Waals surface area contributed by atoms with Gasteiger partial charge in [0.1, 0.15) is 0 Å². The van der Waals surface area contributed by atoms with Crippen molar-refractivity contribution in [1.29, 1.82) is 0 Å². The van der Waals surface area contributed by atoms with Crippen LogP contribution in [0.4, 0.5) is 0 Å². The van der Waals surface area contributed by atoms with Gasteiger partial charge in [-0.15, -0.1) is 0 Å². The van der Waals surface area contributed by atoms with Crippen molar-refractivity contribution < 1.29 is 9.90 Å². The molecule has 1 heterocycles. The van der Waals surface area contributed by atoms with Gasteiger partial charge in [-0.25, -0.2) is 0 Å². The zero-order chi connectivity index (χ0) is 9.84. The van der Waals surface area contributed by atoms with Crippen molar-refractivity contribution in [2.75, 3.05) is 20.1 Å². The first-order valence-electron chi connectivity index (χ1n) is 5.06. The number of hydrogen-bond donors (Lipinski definition) is 1. The summed E-state index contributed by atoms with van der Waals surface area (Å²) in [6.07, 6.45) is 3.20. The minimum absolute atomic E-state index is 0.140. The Hall–Kier alpha value is -0.570. The Labute approximate surface area is 79.7 Å². The van der Waals surface area contributed by atoms with Crippen molar-refractivity contribution in [2.24, 2.45) is 11.8 Å². The maximum Gasteiger partial charge on any atom is 0.308 e. The summed E-state index contributed by atoms with van der Waals surface area (Å²) in [7, 11) is 2.00. The number of carboxylic acid groups (broad SMARTS) is 1. The fraction of sp³-hybridized carbons (Fsp3) is 0.900. The average molecular weight is 185 g/mol. The molecule has 3 heteroatoms. The number of hydrogen-bond acceptors (Lipinski definition) is 2. The van der Waals surface area contributed by atoms with Gasteiger partial charge in [0.05, 0.1) is 5.92 Å². The van der Waals surface area contributed by atoms with Crippen LogP contribution in [0.25, 0.3) is 0 Å². The fourth-order valence-corrected chi connectivity index (χ4v) is 2.16. The Morgan fingerprint density at radius 3 is 2.85 bits per heavy atom. The van der Waals surface area contributed by atoms with Crippen molar-refractivity contribution in [3.8, 4) is 0 Å². The Balaban J connectivity index is 2.55. The number of piperidine rings is 1. The molecule has 0 radical (unpaired) electrons. The third-order valence-corrected chi connectivity index (χ3v) is 2.94. The van der Waals surface area contributed by atoms with Gasteiger partial charge in [-0.2, -0.15) is 0 Å². The minimum atomic E-state index is -0.620. The molecule has 0 aromatic heterocycles. The number of rotatable bonds is 3. The molecular weight excluding hydrogens is 166 g/mol. The molecule has 2 unspecified atom stereocenters. The summed E-state index contributed by atoms with van der Waals surface area (Å²) in [6, 6.07) is 0. The molecule has 0 aromatic rings. The first-order chi connectivity index (χ1) is 6.15. The molecule has 1 N–H and O–H groups in total. The lowest BCUT2D eigenvalue weighted by Gasteiger charge is -2.34. The van der Waals surface area contributed by atoms with Gasteiger partial charge in [0.15, 0.2) is 0 Å². The highest BCUT2D eigenvalue weighted by molar-refractivity contribution is 5.70.